The van der Waals surface area contributed by atoms with E-state index in [1.165, 1.54) is 6.33 Å². The Hall–Kier alpha value is -2.12. The molecule has 0 aliphatic rings. The van der Waals surface area contributed by atoms with Gasteiger partial charge in [-0.25, -0.2) is 14.6 Å². The number of aromatic nitrogens is 3. The van der Waals surface area contributed by atoms with Crippen LogP contribution < -0.4 is 10.6 Å². The number of nitrogens with one attached hydrogen (secondary N) is 3. The van der Waals surface area contributed by atoms with E-state index in [4.69, 9.17) is 5.11 Å². The van der Waals surface area contributed by atoms with Gasteiger partial charge in [-0.3, -0.25) is 5.10 Å². The largest absolute Gasteiger partial charge is 0.480 e. The molecule has 8 nitrogen and oxygen atoms in total. The first kappa shape index (κ1) is 13.9. The summed E-state index contributed by atoms with van der Waals surface area (Å²) in [5.41, 5.74) is -0.574. The van der Waals surface area contributed by atoms with Gasteiger partial charge in [0.15, 0.2) is 0 Å². The van der Waals surface area contributed by atoms with Crippen LogP contribution in [0.1, 0.15) is 26.6 Å². The quantitative estimate of drug-likeness (QED) is 0.608. The average Bonchev–Trinajstić information content (AvgIpc) is 2.73. The molecule has 100 valence electrons. The Bertz CT molecular complexity index is 410. The van der Waals surface area contributed by atoms with Crippen LogP contribution in [0.2, 0.25) is 0 Å². The number of carbonyl (C=O) groups excluding carboxylic acids is 1. The maximum atomic E-state index is 11.6. The summed E-state index contributed by atoms with van der Waals surface area (Å²) in [6, 6.07) is -1.53. The molecule has 1 rings (SSSR count). The number of aromatic amines is 1. The van der Waals surface area contributed by atoms with Crippen LogP contribution in [0.15, 0.2) is 6.33 Å². The molecule has 0 aliphatic heterocycles. The summed E-state index contributed by atoms with van der Waals surface area (Å²) < 4.78 is 0. The molecule has 0 aliphatic carbocycles. The fraction of sp³-hybridized carbons (Fsp3) is 0.600. The molecule has 4 N–H and O–H groups in total. The van der Waals surface area contributed by atoms with Crippen molar-refractivity contribution in [3.63, 3.8) is 0 Å². The van der Waals surface area contributed by atoms with E-state index < -0.39 is 23.5 Å². The minimum absolute atomic E-state index is 0.155. The summed E-state index contributed by atoms with van der Waals surface area (Å²) >= 11 is 0. The predicted octanol–water partition coefficient (Wildman–Crippen LogP) is 0.103. The van der Waals surface area contributed by atoms with Crippen LogP contribution in [0.25, 0.3) is 0 Å². The summed E-state index contributed by atoms with van der Waals surface area (Å²) in [5.74, 6) is -0.579. The zero-order valence-electron chi connectivity index (χ0n) is 10.5. The number of aliphatic carboxylic acids is 1. The maximum Gasteiger partial charge on any atom is 0.326 e. The molecular weight excluding hydrogens is 238 g/mol. The van der Waals surface area contributed by atoms with Crippen LogP contribution in [-0.4, -0.2) is 38.3 Å². The van der Waals surface area contributed by atoms with Crippen LogP contribution in [0, 0.1) is 5.41 Å². The molecule has 0 fully saturated rings. The zero-order valence-corrected chi connectivity index (χ0v) is 10.5. The summed E-state index contributed by atoms with van der Waals surface area (Å²) in [7, 11) is 0. The number of carbonyl (C=O) groups is 2. The van der Waals surface area contributed by atoms with E-state index in [2.05, 4.69) is 25.8 Å². The standard InChI is InChI=1S/C10H17N5O3/c1-10(2,3)7(8(16)17)14-9(18)11-4-6-12-5-13-15-6/h5,7H,4H2,1-3H3,(H,16,17)(H2,11,14,18)(H,12,13,15)/t7-/m1/s1. The van der Waals surface area contributed by atoms with E-state index in [0.29, 0.717) is 5.82 Å². The number of carboxylic acid groups (broad SMARTS) is 1. The van der Waals surface area contributed by atoms with Crippen molar-refractivity contribution < 1.29 is 14.7 Å². The number of H-pyrrole nitrogens is 1. The van der Waals surface area contributed by atoms with E-state index in [1.807, 2.05) is 0 Å². The summed E-state index contributed by atoms with van der Waals surface area (Å²) in [4.78, 5) is 26.4. The fourth-order valence-corrected chi connectivity index (χ4v) is 1.31. The molecule has 0 aromatic carbocycles. The van der Waals surface area contributed by atoms with Gasteiger partial charge in [-0.1, -0.05) is 20.8 Å². The Morgan fingerprint density at radius 3 is 2.61 bits per heavy atom. The molecule has 1 aromatic rings. The van der Waals surface area contributed by atoms with Crippen molar-refractivity contribution in [2.75, 3.05) is 0 Å². The summed E-state index contributed by atoms with van der Waals surface area (Å²) in [6.45, 7) is 5.37. The number of nitrogens with zero attached hydrogens (tertiary/aromatic N) is 2. The van der Waals surface area contributed by atoms with Gasteiger partial charge in [0.05, 0.1) is 6.54 Å². The van der Waals surface area contributed by atoms with Crippen LogP contribution in [-0.2, 0) is 11.3 Å². The second-order valence-corrected chi connectivity index (χ2v) is 4.90. The smallest absolute Gasteiger partial charge is 0.326 e. The molecule has 0 saturated carbocycles. The van der Waals surface area contributed by atoms with Gasteiger partial charge in [0.25, 0.3) is 0 Å². The van der Waals surface area contributed by atoms with E-state index in [1.54, 1.807) is 20.8 Å². The van der Waals surface area contributed by atoms with E-state index in [9.17, 15) is 9.59 Å². The molecule has 0 spiro atoms. The van der Waals surface area contributed by atoms with Gasteiger partial charge in [0.2, 0.25) is 0 Å². The molecule has 8 heteroatoms. The highest BCUT2D eigenvalue weighted by Crippen LogP contribution is 2.19. The lowest BCUT2D eigenvalue weighted by molar-refractivity contribution is -0.141. The Labute approximate surface area is 104 Å². The van der Waals surface area contributed by atoms with Gasteiger partial charge in [0.1, 0.15) is 18.2 Å². The average molecular weight is 255 g/mol. The Kier molecular flexibility index (Phi) is 4.24. The maximum absolute atomic E-state index is 11.6. The molecule has 0 saturated heterocycles. The van der Waals surface area contributed by atoms with E-state index in [-0.39, 0.29) is 6.54 Å². The van der Waals surface area contributed by atoms with Crippen molar-refractivity contribution in [3.8, 4) is 0 Å². The monoisotopic (exact) mass is 255 g/mol. The van der Waals surface area contributed by atoms with Crippen molar-refractivity contribution in [2.24, 2.45) is 5.41 Å². The Morgan fingerprint density at radius 1 is 1.50 bits per heavy atom. The highest BCUT2D eigenvalue weighted by atomic mass is 16.4. The van der Waals surface area contributed by atoms with Crippen molar-refractivity contribution in [3.05, 3.63) is 12.2 Å². The Morgan fingerprint density at radius 2 is 2.17 bits per heavy atom. The molecule has 2 amide bonds. The lowest BCUT2D eigenvalue weighted by Crippen LogP contribution is -2.52. The first-order chi connectivity index (χ1) is 8.30. The first-order valence-electron chi connectivity index (χ1n) is 5.42. The van der Waals surface area contributed by atoms with Gasteiger partial charge >= 0.3 is 12.0 Å². The molecule has 0 unspecified atom stereocenters. The van der Waals surface area contributed by atoms with Crippen LogP contribution in [0.3, 0.4) is 0 Å². The minimum Gasteiger partial charge on any atom is -0.480 e. The normalized spacial score (nSPS) is 12.8. The van der Waals surface area contributed by atoms with E-state index in [0.717, 1.165) is 0 Å². The van der Waals surface area contributed by atoms with Crippen LogP contribution >= 0.6 is 0 Å². The number of carboxylic acids is 1. The number of hydrogen-bond donors (Lipinski definition) is 4. The van der Waals surface area contributed by atoms with Crippen LogP contribution in [0.5, 0.6) is 0 Å². The second kappa shape index (κ2) is 5.48. The highest BCUT2D eigenvalue weighted by Gasteiger charge is 2.32. The van der Waals surface area contributed by atoms with Crippen LogP contribution in [0.4, 0.5) is 4.79 Å². The fourth-order valence-electron chi connectivity index (χ4n) is 1.31. The zero-order chi connectivity index (χ0) is 13.8. The highest BCUT2D eigenvalue weighted by molar-refractivity contribution is 5.83. The molecule has 1 atom stereocenters. The molecule has 18 heavy (non-hydrogen) atoms. The second-order valence-electron chi connectivity index (χ2n) is 4.90. The number of amides is 2. The number of rotatable bonds is 4. The summed E-state index contributed by atoms with van der Waals surface area (Å²) in [5, 5.41) is 20.1. The van der Waals surface area contributed by atoms with Crippen molar-refractivity contribution >= 4 is 12.0 Å². The minimum atomic E-state index is -1.07. The van der Waals surface area contributed by atoms with Gasteiger partial charge in [-0.15, -0.1) is 0 Å². The van der Waals surface area contributed by atoms with Gasteiger partial charge < -0.3 is 15.7 Å². The van der Waals surface area contributed by atoms with Gasteiger partial charge in [-0.2, -0.15) is 5.10 Å². The molecule has 1 aromatic heterocycles. The third-order valence-electron chi connectivity index (χ3n) is 2.27. The third-order valence-corrected chi connectivity index (χ3v) is 2.27. The summed E-state index contributed by atoms with van der Waals surface area (Å²) in [6.07, 6.45) is 1.32. The molecule has 0 radical (unpaired) electrons. The topological polar surface area (TPSA) is 120 Å². The predicted molar refractivity (Wildman–Crippen MR) is 62.6 cm³/mol. The van der Waals surface area contributed by atoms with Crippen molar-refractivity contribution in [1.29, 1.82) is 0 Å². The van der Waals surface area contributed by atoms with Crippen molar-refractivity contribution in [1.82, 2.24) is 25.8 Å². The first-order valence-corrected chi connectivity index (χ1v) is 5.42. The lowest BCUT2D eigenvalue weighted by atomic mass is 9.87. The molecular formula is C10H17N5O3. The van der Waals surface area contributed by atoms with Gasteiger partial charge in [-0.05, 0) is 5.41 Å². The molecule has 0 bridgehead atoms. The lowest BCUT2D eigenvalue weighted by Gasteiger charge is -2.27. The third kappa shape index (κ3) is 4.04. The van der Waals surface area contributed by atoms with Gasteiger partial charge in [0, 0.05) is 0 Å². The van der Waals surface area contributed by atoms with E-state index >= 15 is 0 Å². The number of urea groups is 1. The Balaban J connectivity index is 2.49. The number of hydrogen-bond acceptors (Lipinski definition) is 4. The molecule has 1 heterocycles. The SMILES string of the molecule is CC(C)(C)[C@H](NC(=O)NCc1ncn[nH]1)C(=O)O. The van der Waals surface area contributed by atoms with Crippen molar-refractivity contribution in [2.45, 2.75) is 33.4 Å².